The summed E-state index contributed by atoms with van der Waals surface area (Å²) in [5.74, 6) is 0. The average molecular weight is 127 g/mol. The van der Waals surface area contributed by atoms with Gasteiger partial charge in [-0.3, -0.25) is 0 Å². The third kappa shape index (κ3) is 7.82. The number of nitrogens with one attached hydrogen (secondary N) is 1. The van der Waals surface area contributed by atoms with Gasteiger partial charge in [0.05, 0.1) is 0 Å². The van der Waals surface area contributed by atoms with Crippen molar-refractivity contribution in [3.63, 3.8) is 0 Å². The number of hydrogen-bond acceptors (Lipinski definition) is 2. The van der Waals surface area contributed by atoms with Crippen LogP contribution in [0.25, 0.3) is 0 Å². The van der Waals surface area contributed by atoms with Gasteiger partial charge in [0.2, 0.25) is 0 Å². The summed E-state index contributed by atoms with van der Waals surface area (Å²) in [6, 6.07) is 0. The third-order valence-electron chi connectivity index (χ3n) is 1.18. The van der Waals surface area contributed by atoms with E-state index in [0.29, 0.717) is 6.44 Å². The van der Waals surface area contributed by atoms with Gasteiger partial charge in [0.1, 0.15) is 0 Å². The van der Waals surface area contributed by atoms with Crippen molar-refractivity contribution < 1.29 is 4.70 Å². The van der Waals surface area contributed by atoms with Crippen LogP contribution in [0.2, 0.25) is 0 Å². The molecule has 1 N–H and O–H groups in total. The molecule has 0 amide bonds. The van der Waals surface area contributed by atoms with Gasteiger partial charge in [-0.2, -0.15) is 0 Å². The number of rotatable bonds is 6. The van der Waals surface area contributed by atoms with Gasteiger partial charge in [0, 0.05) is 0 Å². The molecule has 0 aliphatic rings. The Hall–Kier alpha value is -0.175. The Morgan fingerprint density at radius 3 is 2.78 bits per heavy atom. The molecule has 0 aromatic rings. The van der Waals surface area contributed by atoms with E-state index in [1.54, 1.807) is 0 Å². The van der Waals surface area contributed by atoms with Crippen molar-refractivity contribution in [1.29, 1.82) is 0 Å². The Balaban J connectivity index is 2.66. The normalized spacial score (nSPS) is 9.00. The van der Waals surface area contributed by atoms with Crippen molar-refractivity contribution in [2.75, 3.05) is 13.0 Å². The van der Waals surface area contributed by atoms with E-state index in [1.165, 1.54) is 19.3 Å². The molecule has 2 nitrogen and oxygen atoms in total. The molecule has 0 heterocycles. The van der Waals surface area contributed by atoms with E-state index < -0.39 is 0 Å². The molecule has 0 atom stereocenters. The van der Waals surface area contributed by atoms with Gasteiger partial charge in [-0.25, -0.2) is 0 Å². The van der Waals surface area contributed by atoms with Crippen molar-refractivity contribution in [2.24, 2.45) is 0 Å². The van der Waals surface area contributed by atoms with Gasteiger partial charge in [0.25, 0.3) is 0 Å². The Kier molecular flexibility index (Phi) is 7.67. The predicted molar refractivity (Wildman–Crippen MR) is 38.8 cm³/mol. The van der Waals surface area contributed by atoms with Crippen LogP contribution >= 0.6 is 0 Å². The minimum atomic E-state index is 0.504. The van der Waals surface area contributed by atoms with Crippen LogP contribution in [0.5, 0.6) is 0 Å². The number of unbranched alkanes of at least 4 members (excludes halogenated alkanes) is 2. The molecule has 52 valence electrons. The summed E-state index contributed by atoms with van der Waals surface area (Å²) in [5.41, 5.74) is 0. The molecule has 0 fully saturated rings. The first-order chi connectivity index (χ1) is 4.41. The van der Waals surface area contributed by atoms with Crippen molar-refractivity contribution >= 4 is 7.15 Å². The maximum absolute atomic E-state index is 9.78. The summed E-state index contributed by atoms with van der Waals surface area (Å²) >= 11 is 0. The maximum atomic E-state index is 9.78. The van der Waals surface area contributed by atoms with Crippen molar-refractivity contribution in [1.82, 2.24) is 5.32 Å². The molecule has 0 rings (SSSR count). The first-order valence-corrected chi connectivity index (χ1v) is 3.56. The Bertz CT molecular complexity index is 68.1. The van der Waals surface area contributed by atoms with Crippen molar-refractivity contribution in [3.05, 3.63) is 0 Å². The summed E-state index contributed by atoms with van der Waals surface area (Å²) in [6.07, 6.45) is 4.18. The molecule has 9 heavy (non-hydrogen) atoms. The van der Waals surface area contributed by atoms with Crippen molar-refractivity contribution in [2.45, 2.75) is 26.2 Å². The van der Waals surface area contributed by atoms with Crippen LogP contribution < -0.4 is 5.32 Å². The minimum absolute atomic E-state index is 0.504. The van der Waals surface area contributed by atoms with E-state index in [4.69, 9.17) is 0 Å². The van der Waals surface area contributed by atoms with Crippen LogP contribution in [-0.4, -0.2) is 20.1 Å². The zero-order valence-corrected chi connectivity index (χ0v) is 6.02. The molecule has 0 spiro atoms. The zero-order valence-electron chi connectivity index (χ0n) is 6.02. The van der Waals surface area contributed by atoms with Crippen LogP contribution in [0.3, 0.4) is 0 Å². The molecule has 0 aromatic carbocycles. The fourth-order valence-corrected chi connectivity index (χ4v) is 0.661. The zero-order chi connectivity index (χ0) is 6.95. The van der Waals surface area contributed by atoms with Gasteiger partial charge in [-0.05, 0) is 0 Å². The third-order valence-corrected chi connectivity index (χ3v) is 1.18. The molecule has 0 radical (unpaired) electrons. The molecular formula is C6H14BNO. The summed E-state index contributed by atoms with van der Waals surface area (Å²) < 4.78 is 9.78. The SMILES string of the molecule is CCCCCNCB=O. The van der Waals surface area contributed by atoms with E-state index in [-0.39, 0.29) is 0 Å². The molecule has 0 unspecified atom stereocenters. The molecule has 0 saturated carbocycles. The topological polar surface area (TPSA) is 29.1 Å². The first kappa shape index (κ1) is 8.82. The average Bonchev–Trinajstić information content (AvgIpc) is 1.89. The second kappa shape index (κ2) is 7.82. The molecule has 0 aliphatic carbocycles. The molecule has 0 aromatic heterocycles. The first-order valence-electron chi connectivity index (χ1n) is 3.56. The van der Waals surface area contributed by atoms with Gasteiger partial charge in [-0.1, -0.05) is 0 Å². The molecule has 0 aliphatic heterocycles. The summed E-state index contributed by atoms with van der Waals surface area (Å²) in [7, 11) is 0.895. The van der Waals surface area contributed by atoms with Crippen LogP contribution in [0.1, 0.15) is 26.2 Å². The van der Waals surface area contributed by atoms with Crippen LogP contribution in [0, 0.1) is 0 Å². The summed E-state index contributed by atoms with van der Waals surface area (Å²) in [4.78, 5) is 0. The van der Waals surface area contributed by atoms with E-state index in [1.807, 2.05) is 0 Å². The standard InChI is InChI=1S/C6H14BNO/c1-2-3-4-5-8-6-7-9/h8H,2-6H2,1H3. The van der Waals surface area contributed by atoms with E-state index in [0.717, 1.165) is 13.7 Å². The Morgan fingerprint density at radius 2 is 2.22 bits per heavy atom. The monoisotopic (exact) mass is 127 g/mol. The van der Waals surface area contributed by atoms with Gasteiger partial charge < -0.3 is 0 Å². The fourth-order valence-electron chi connectivity index (χ4n) is 0.661. The summed E-state index contributed by atoms with van der Waals surface area (Å²) in [5, 5.41) is 3.00. The fraction of sp³-hybridized carbons (Fsp3) is 1.00. The Morgan fingerprint density at radius 1 is 1.44 bits per heavy atom. The predicted octanol–water partition coefficient (Wildman–Crippen LogP) is 0.773. The second-order valence-electron chi connectivity index (χ2n) is 2.08. The van der Waals surface area contributed by atoms with Crippen LogP contribution in [-0.2, 0) is 4.70 Å². The van der Waals surface area contributed by atoms with Gasteiger partial charge in [-0.15, -0.1) is 0 Å². The molecule has 0 bridgehead atoms. The second-order valence-corrected chi connectivity index (χ2v) is 2.08. The summed E-state index contributed by atoms with van der Waals surface area (Å²) in [6.45, 7) is 3.15. The number of hydrogen-bond donors (Lipinski definition) is 1. The Labute approximate surface area is 57.3 Å². The molecule has 0 saturated heterocycles. The molecule has 3 heteroatoms. The molecular weight excluding hydrogens is 113 g/mol. The van der Waals surface area contributed by atoms with Crippen LogP contribution in [0.15, 0.2) is 0 Å². The van der Waals surface area contributed by atoms with Crippen LogP contribution in [0.4, 0.5) is 0 Å². The van der Waals surface area contributed by atoms with E-state index >= 15 is 0 Å². The van der Waals surface area contributed by atoms with Crippen molar-refractivity contribution in [3.8, 4) is 0 Å². The van der Waals surface area contributed by atoms with E-state index in [9.17, 15) is 4.70 Å². The van der Waals surface area contributed by atoms with Gasteiger partial charge in [0.15, 0.2) is 0 Å². The quantitative estimate of drug-likeness (QED) is 0.421. The van der Waals surface area contributed by atoms with Gasteiger partial charge >= 0.3 is 56.3 Å². The van der Waals surface area contributed by atoms with E-state index in [2.05, 4.69) is 12.2 Å².